The van der Waals surface area contributed by atoms with E-state index in [1.807, 2.05) is 0 Å². The summed E-state index contributed by atoms with van der Waals surface area (Å²) in [6.45, 7) is 0.000975. The van der Waals surface area contributed by atoms with Crippen molar-refractivity contribution < 1.29 is 37.0 Å². The Morgan fingerprint density at radius 3 is 2.39 bits per heavy atom. The molecule has 0 aromatic heterocycles. The largest absolute Gasteiger partial charge is 0.573 e. The SMILES string of the molecule is N#C[C@H](C[C@@H]1CCC2(CC2)NC1=O)NC(=O)C1CC2(CCCCC2)CN1C(=O)COc1ccc(OC(F)(F)F)cc1. The second kappa shape index (κ2) is 11.4. The number of alkyl halides is 3. The van der Waals surface area contributed by atoms with Crippen molar-refractivity contribution in [3.63, 3.8) is 0 Å². The van der Waals surface area contributed by atoms with Gasteiger partial charge < -0.3 is 25.0 Å². The highest BCUT2D eigenvalue weighted by Gasteiger charge is 2.50. The van der Waals surface area contributed by atoms with E-state index in [0.29, 0.717) is 19.4 Å². The van der Waals surface area contributed by atoms with E-state index in [9.17, 15) is 32.8 Å². The molecule has 0 radical (unpaired) electrons. The maximum absolute atomic E-state index is 13.5. The van der Waals surface area contributed by atoms with Crippen LogP contribution in [0.25, 0.3) is 0 Å². The number of nitrogens with one attached hydrogen (secondary N) is 2. The van der Waals surface area contributed by atoms with Crippen molar-refractivity contribution in [3.05, 3.63) is 24.3 Å². The molecule has 1 aromatic rings. The number of benzene rings is 1. The molecule has 2 saturated carbocycles. The monoisotopic (exact) mass is 576 g/mol. The number of nitriles is 1. The molecular weight excluding hydrogens is 541 g/mol. The van der Waals surface area contributed by atoms with Crippen LogP contribution in [0.2, 0.25) is 0 Å². The molecule has 1 unspecified atom stereocenters. The Labute approximate surface area is 236 Å². The van der Waals surface area contributed by atoms with Gasteiger partial charge in [0.25, 0.3) is 5.91 Å². The van der Waals surface area contributed by atoms with Crippen molar-refractivity contribution in [3.8, 4) is 17.6 Å². The van der Waals surface area contributed by atoms with Crippen molar-refractivity contribution >= 4 is 17.7 Å². The van der Waals surface area contributed by atoms with E-state index in [1.54, 1.807) is 0 Å². The second-order valence-corrected chi connectivity index (χ2v) is 12.0. The highest BCUT2D eigenvalue weighted by atomic mass is 19.4. The van der Waals surface area contributed by atoms with E-state index < -0.39 is 42.6 Å². The summed E-state index contributed by atoms with van der Waals surface area (Å²) < 4.78 is 46.7. The minimum Gasteiger partial charge on any atom is -0.484 e. The van der Waals surface area contributed by atoms with Crippen molar-refractivity contribution in [2.45, 2.75) is 94.6 Å². The normalized spacial score (nSPS) is 25.2. The number of carbonyl (C=O) groups excluding carboxylic acids is 3. The van der Waals surface area contributed by atoms with Crippen LogP contribution in [-0.2, 0) is 14.4 Å². The van der Waals surface area contributed by atoms with Crippen LogP contribution in [0, 0.1) is 22.7 Å². The lowest BCUT2D eigenvalue weighted by Gasteiger charge is -2.33. The summed E-state index contributed by atoms with van der Waals surface area (Å²) in [5, 5.41) is 15.7. The Morgan fingerprint density at radius 1 is 1.10 bits per heavy atom. The number of likely N-dealkylation sites (tertiary alicyclic amines) is 1. The summed E-state index contributed by atoms with van der Waals surface area (Å²) in [7, 11) is 0. The van der Waals surface area contributed by atoms with E-state index in [2.05, 4.69) is 21.4 Å². The van der Waals surface area contributed by atoms with E-state index in [0.717, 1.165) is 63.5 Å². The number of halogens is 3. The fourth-order valence-corrected chi connectivity index (χ4v) is 6.64. The molecule has 0 bridgehead atoms. The van der Waals surface area contributed by atoms with Crippen LogP contribution in [0.1, 0.15) is 70.6 Å². The Kier molecular flexibility index (Phi) is 8.08. The average Bonchev–Trinajstić information content (AvgIpc) is 3.58. The summed E-state index contributed by atoms with van der Waals surface area (Å²) in [6.07, 6.45) is 4.33. The summed E-state index contributed by atoms with van der Waals surface area (Å²) in [5.74, 6) is -1.48. The predicted octanol–water partition coefficient (Wildman–Crippen LogP) is 3.97. The summed E-state index contributed by atoms with van der Waals surface area (Å²) in [6, 6.07) is 5.21. The third kappa shape index (κ3) is 7.05. The lowest BCUT2D eigenvalue weighted by atomic mass is 9.72. The Bertz CT molecular complexity index is 1190. The van der Waals surface area contributed by atoms with Crippen LogP contribution in [-0.4, -0.2) is 59.8 Å². The minimum atomic E-state index is -4.81. The lowest BCUT2D eigenvalue weighted by Crippen LogP contribution is -2.51. The molecule has 9 nitrogen and oxygen atoms in total. The molecule has 12 heteroatoms. The van der Waals surface area contributed by atoms with Gasteiger partial charge in [0.05, 0.1) is 6.07 Å². The van der Waals surface area contributed by atoms with E-state index >= 15 is 0 Å². The Balaban J connectivity index is 1.21. The molecule has 222 valence electrons. The number of nitrogens with zero attached hydrogens (tertiary/aromatic N) is 2. The number of piperidine rings is 1. The molecular formula is C29H35F3N4O5. The zero-order chi connectivity index (χ0) is 29.3. The van der Waals surface area contributed by atoms with Gasteiger partial charge in [0.15, 0.2) is 6.61 Å². The summed E-state index contributed by atoms with van der Waals surface area (Å²) >= 11 is 0. The molecule has 3 amide bonds. The zero-order valence-corrected chi connectivity index (χ0v) is 22.8. The third-order valence-corrected chi connectivity index (χ3v) is 9.04. The number of hydrogen-bond donors (Lipinski definition) is 2. The first-order valence-corrected chi connectivity index (χ1v) is 14.3. The number of hydrogen-bond acceptors (Lipinski definition) is 6. The van der Waals surface area contributed by atoms with E-state index in [-0.39, 0.29) is 34.9 Å². The van der Waals surface area contributed by atoms with Crippen LogP contribution in [0.15, 0.2) is 24.3 Å². The first-order chi connectivity index (χ1) is 19.5. The molecule has 2 saturated heterocycles. The standard InChI is InChI=1S/C29H35F3N4O5/c30-29(31,32)41-22-6-4-21(5-7-22)40-17-24(37)36-18-27(9-2-1-3-10-27)15-23(36)26(39)34-20(16-33)14-19-8-11-28(12-13-28)35-25(19)38/h4-7,19-20,23H,1-3,8-15,17-18H2,(H,34,39)(H,35,38)/t19-,20-,23?/m0/s1. The number of amides is 3. The lowest BCUT2D eigenvalue weighted by molar-refractivity contribution is -0.274. The molecule has 2 aliphatic heterocycles. The van der Waals surface area contributed by atoms with Gasteiger partial charge in [-0.25, -0.2) is 0 Å². The Morgan fingerprint density at radius 2 is 1.78 bits per heavy atom. The van der Waals surface area contributed by atoms with Gasteiger partial charge in [-0.2, -0.15) is 5.26 Å². The molecule has 1 aromatic carbocycles. The molecule has 2 spiro atoms. The first-order valence-electron chi connectivity index (χ1n) is 14.3. The predicted molar refractivity (Wildman–Crippen MR) is 139 cm³/mol. The smallest absolute Gasteiger partial charge is 0.484 e. The molecule has 4 aliphatic rings. The van der Waals surface area contributed by atoms with Crippen LogP contribution >= 0.6 is 0 Å². The fraction of sp³-hybridized carbons (Fsp3) is 0.655. The van der Waals surface area contributed by atoms with Gasteiger partial charge in [-0.1, -0.05) is 19.3 Å². The maximum Gasteiger partial charge on any atom is 0.573 e. The van der Waals surface area contributed by atoms with Gasteiger partial charge in [-0.05, 0) is 81.0 Å². The quantitative estimate of drug-likeness (QED) is 0.483. The molecule has 2 heterocycles. The van der Waals surface area contributed by atoms with Crippen LogP contribution in [0.4, 0.5) is 13.2 Å². The van der Waals surface area contributed by atoms with Crippen molar-refractivity contribution in [1.82, 2.24) is 15.5 Å². The Hall–Kier alpha value is -3.49. The third-order valence-electron chi connectivity index (χ3n) is 9.04. The minimum absolute atomic E-state index is 0.0566. The molecule has 4 fully saturated rings. The molecule has 3 atom stereocenters. The summed E-state index contributed by atoms with van der Waals surface area (Å²) in [5.41, 5.74) is -0.241. The first kappa shape index (κ1) is 29.0. The topological polar surface area (TPSA) is 121 Å². The average molecular weight is 577 g/mol. The van der Waals surface area contributed by atoms with Crippen LogP contribution in [0.3, 0.4) is 0 Å². The molecule has 2 N–H and O–H groups in total. The number of ether oxygens (including phenoxy) is 2. The van der Waals surface area contributed by atoms with Gasteiger partial charge in [-0.3, -0.25) is 14.4 Å². The molecule has 2 aliphatic carbocycles. The van der Waals surface area contributed by atoms with Gasteiger partial charge in [0.2, 0.25) is 11.8 Å². The number of carbonyl (C=O) groups is 3. The van der Waals surface area contributed by atoms with Crippen LogP contribution in [0.5, 0.6) is 11.5 Å². The van der Waals surface area contributed by atoms with Gasteiger partial charge in [0.1, 0.15) is 23.6 Å². The van der Waals surface area contributed by atoms with Gasteiger partial charge in [0, 0.05) is 18.0 Å². The van der Waals surface area contributed by atoms with Crippen molar-refractivity contribution in [2.75, 3.05) is 13.2 Å². The van der Waals surface area contributed by atoms with Crippen LogP contribution < -0.4 is 20.1 Å². The van der Waals surface area contributed by atoms with E-state index in [4.69, 9.17) is 4.74 Å². The highest BCUT2D eigenvalue weighted by Crippen LogP contribution is 2.47. The van der Waals surface area contributed by atoms with Crippen molar-refractivity contribution in [2.24, 2.45) is 11.3 Å². The highest BCUT2D eigenvalue weighted by molar-refractivity contribution is 5.89. The molecule has 41 heavy (non-hydrogen) atoms. The maximum atomic E-state index is 13.5. The summed E-state index contributed by atoms with van der Waals surface area (Å²) in [4.78, 5) is 41.0. The van der Waals surface area contributed by atoms with E-state index in [1.165, 1.54) is 17.0 Å². The fourth-order valence-electron chi connectivity index (χ4n) is 6.64. The van der Waals surface area contributed by atoms with Gasteiger partial charge >= 0.3 is 6.36 Å². The number of rotatable bonds is 8. The molecule has 5 rings (SSSR count). The second-order valence-electron chi connectivity index (χ2n) is 12.0. The van der Waals surface area contributed by atoms with Crippen molar-refractivity contribution in [1.29, 1.82) is 5.26 Å². The van der Waals surface area contributed by atoms with Gasteiger partial charge in [-0.15, -0.1) is 13.2 Å². The zero-order valence-electron chi connectivity index (χ0n) is 22.8.